The molecule has 3 rings (SSSR count). The van der Waals surface area contributed by atoms with Crippen LogP contribution in [0.15, 0.2) is 42.5 Å². The Kier molecular flexibility index (Phi) is 5.71. The highest BCUT2D eigenvalue weighted by Crippen LogP contribution is 2.26. The summed E-state index contributed by atoms with van der Waals surface area (Å²) in [5.74, 6) is -1.96. The van der Waals surface area contributed by atoms with Crippen molar-refractivity contribution in [3.8, 4) is 0 Å². The highest BCUT2D eigenvalue weighted by atomic mass is 35.5. The van der Waals surface area contributed by atoms with Crippen LogP contribution >= 0.6 is 11.6 Å². The lowest BCUT2D eigenvalue weighted by atomic mass is 10.1. The van der Waals surface area contributed by atoms with Gasteiger partial charge in [-0.3, -0.25) is 9.59 Å². The Morgan fingerprint density at radius 2 is 2.00 bits per heavy atom. The highest BCUT2D eigenvalue weighted by molar-refractivity contribution is 6.31. The van der Waals surface area contributed by atoms with Gasteiger partial charge in [-0.15, -0.1) is 0 Å². The summed E-state index contributed by atoms with van der Waals surface area (Å²) in [5, 5.41) is 2.33. The molecule has 0 radical (unpaired) electrons. The number of nitrogens with one attached hydrogen (secondary N) is 1. The molecule has 0 unspecified atom stereocenters. The first-order chi connectivity index (χ1) is 13.0. The normalized spacial score (nSPS) is 13.6. The van der Waals surface area contributed by atoms with Crippen LogP contribution in [0.25, 0.3) is 0 Å². The number of halogens is 2. The van der Waals surface area contributed by atoms with Crippen molar-refractivity contribution in [2.45, 2.75) is 12.8 Å². The molecule has 0 spiro atoms. The molecule has 1 saturated heterocycles. The number of para-hydroxylation sites is 1. The van der Waals surface area contributed by atoms with Crippen LogP contribution in [-0.4, -0.2) is 30.9 Å². The molecule has 27 heavy (non-hydrogen) atoms. The number of amides is 2. The van der Waals surface area contributed by atoms with Gasteiger partial charge in [0.25, 0.3) is 5.91 Å². The lowest BCUT2D eigenvalue weighted by Gasteiger charge is -2.18. The molecule has 0 bridgehead atoms. The Labute approximate surface area is 159 Å². The molecule has 0 saturated carbocycles. The number of carbonyl (C=O) groups excluding carboxylic acids is 3. The second kappa shape index (κ2) is 8.18. The number of hydrogen-bond acceptors (Lipinski definition) is 4. The third kappa shape index (κ3) is 4.43. The van der Waals surface area contributed by atoms with E-state index in [1.165, 1.54) is 17.0 Å². The van der Waals surface area contributed by atoms with E-state index < -0.39 is 24.3 Å². The van der Waals surface area contributed by atoms with Crippen LogP contribution in [0.3, 0.4) is 0 Å². The van der Waals surface area contributed by atoms with Crippen LogP contribution in [0.4, 0.5) is 15.8 Å². The summed E-state index contributed by atoms with van der Waals surface area (Å²) >= 11 is 5.65. The first kappa shape index (κ1) is 18.8. The molecule has 2 aromatic rings. The zero-order chi connectivity index (χ0) is 19.4. The average Bonchev–Trinajstić information content (AvgIpc) is 3.08. The molecule has 0 atom stereocenters. The van der Waals surface area contributed by atoms with Crippen molar-refractivity contribution in [2.75, 3.05) is 23.4 Å². The SMILES string of the molecule is O=C(COC(=O)c1ccccc1N1CCCC1=O)Nc1ccc(F)c(Cl)c1. The zero-order valence-electron chi connectivity index (χ0n) is 14.2. The Hall–Kier alpha value is -2.93. The van der Waals surface area contributed by atoms with Crippen LogP contribution in [0.2, 0.25) is 5.02 Å². The molecule has 0 aromatic heterocycles. The molecule has 2 aromatic carbocycles. The van der Waals surface area contributed by atoms with Crippen molar-refractivity contribution in [1.82, 2.24) is 0 Å². The fourth-order valence-electron chi connectivity index (χ4n) is 2.76. The van der Waals surface area contributed by atoms with E-state index in [0.717, 1.165) is 12.5 Å². The lowest BCUT2D eigenvalue weighted by molar-refractivity contribution is -0.119. The average molecular weight is 391 g/mol. The largest absolute Gasteiger partial charge is 0.452 e. The first-order valence-electron chi connectivity index (χ1n) is 8.27. The minimum Gasteiger partial charge on any atom is -0.452 e. The molecule has 140 valence electrons. The van der Waals surface area contributed by atoms with Gasteiger partial charge in [0, 0.05) is 18.7 Å². The minimum absolute atomic E-state index is 0.0545. The maximum Gasteiger partial charge on any atom is 0.340 e. The van der Waals surface area contributed by atoms with E-state index in [2.05, 4.69) is 5.32 Å². The van der Waals surface area contributed by atoms with Crippen molar-refractivity contribution < 1.29 is 23.5 Å². The molecule has 1 aliphatic heterocycles. The Morgan fingerprint density at radius 1 is 1.22 bits per heavy atom. The Balaban J connectivity index is 1.63. The first-order valence-corrected chi connectivity index (χ1v) is 8.65. The molecule has 1 aliphatic rings. The molecule has 6 nitrogen and oxygen atoms in total. The van der Waals surface area contributed by atoms with Crippen LogP contribution in [0.5, 0.6) is 0 Å². The third-order valence-corrected chi connectivity index (χ3v) is 4.32. The number of rotatable bonds is 5. The summed E-state index contributed by atoms with van der Waals surface area (Å²) in [4.78, 5) is 37.8. The maximum atomic E-state index is 13.1. The monoisotopic (exact) mass is 390 g/mol. The topological polar surface area (TPSA) is 75.7 Å². The molecule has 8 heteroatoms. The molecule has 1 heterocycles. The summed E-state index contributed by atoms with van der Waals surface area (Å²) in [6.07, 6.45) is 1.16. The van der Waals surface area contributed by atoms with E-state index in [0.29, 0.717) is 18.7 Å². The van der Waals surface area contributed by atoms with Crippen molar-refractivity contribution in [3.63, 3.8) is 0 Å². The number of carbonyl (C=O) groups is 3. The van der Waals surface area contributed by atoms with Gasteiger partial charge in [0.15, 0.2) is 6.61 Å². The van der Waals surface area contributed by atoms with Gasteiger partial charge in [0.05, 0.1) is 16.3 Å². The van der Waals surface area contributed by atoms with Gasteiger partial charge in [0.2, 0.25) is 5.91 Å². The van der Waals surface area contributed by atoms with Gasteiger partial charge >= 0.3 is 5.97 Å². The number of benzene rings is 2. The zero-order valence-corrected chi connectivity index (χ0v) is 15.0. The van der Waals surface area contributed by atoms with Crippen LogP contribution < -0.4 is 10.2 Å². The number of hydrogen-bond donors (Lipinski definition) is 1. The van der Waals surface area contributed by atoms with Gasteiger partial charge in [-0.25, -0.2) is 9.18 Å². The van der Waals surface area contributed by atoms with Crippen LogP contribution in [0.1, 0.15) is 23.2 Å². The fourth-order valence-corrected chi connectivity index (χ4v) is 2.94. The summed E-state index contributed by atoms with van der Waals surface area (Å²) in [6, 6.07) is 10.3. The van der Waals surface area contributed by atoms with E-state index in [1.807, 2.05) is 0 Å². The second-order valence-electron chi connectivity index (χ2n) is 5.92. The maximum absolute atomic E-state index is 13.1. The van der Waals surface area contributed by atoms with Crippen molar-refractivity contribution >= 4 is 40.8 Å². The molecule has 1 N–H and O–H groups in total. The van der Waals surface area contributed by atoms with E-state index >= 15 is 0 Å². The second-order valence-corrected chi connectivity index (χ2v) is 6.33. The van der Waals surface area contributed by atoms with E-state index in [4.69, 9.17) is 16.3 Å². The fraction of sp³-hybridized carbons (Fsp3) is 0.211. The van der Waals surface area contributed by atoms with Crippen molar-refractivity contribution in [2.24, 2.45) is 0 Å². The number of esters is 1. The van der Waals surface area contributed by atoms with E-state index in [1.54, 1.807) is 24.3 Å². The molecule has 2 amide bonds. The number of ether oxygens (including phenoxy) is 1. The highest BCUT2D eigenvalue weighted by Gasteiger charge is 2.26. The summed E-state index contributed by atoms with van der Waals surface area (Å²) in [6.45, 7) is 0.00501. The van der Waals surface area contributed by atoms with E-state index in [-0.39, 0.29) is 22.2 Å². The van der Waals surface area contributed by atoms with Crippen molar-refractivity contribution in [3.05, 3.63) is 58.9 Å². The lowest BCUT2D eigenvalue weighted by Crippen LogP contribution is -2.27. The third-order valence-electron chi connectivity index (χ3n) is 4.03. The van der Waals surface area contributed by atoms with Gasteiger partial charge in [-0.2, -0.15) is 0 Å². The Bertz CT molecular complexity index is 903. The molecule has 0 aliphatic carbocycles. The minimum atomic E-state index is -0.711. The quantitative estimate of drug-likeness (QED) is 0.794. The summed E-state index contributed by atoms with van der Waals surface area (Å²) in [5.41, 5.74) is 0.964. The van der Waals surface area contributed by atoms with Crippen LogP contribution in [-0.2, 0) is 14.3 Å². The number of nitrogens with zero attached hydrogens (tertiary/aromatic N) is 1. The number of anilines is 2. The van der Waals surface area contributed by atoms with Crippen molar-refractivity contribution in [1.29, 1.82) is 0 Å². The molecule has 1 fully saturated rings. The Morgan fingerprint density at radius 3 is 2.70 bits per heavy atom. The standard InChI is InChI=1S/C19H16ClFN2O4/c20-14-10-12(7-8-15(14)21)22-17(24)11-27-19(26)13-4-1-2-5-16(13)23-9-3-6-18(23)25/h1-2,4-5,7-8,10H,3,6,9,11H2,(H,22,24). The molecular formula is C19H16ClFN2O4. The van der Waals surface area contributed by atoms with Gasteiger partial charge in [-0.05, 0) is 36.8 Å². The summed E-state index contributed by atoms with van der Waals surface area (Å²) < 4.78 is 18.2. The van der Waals surface area contributed by atoms with Gasteiger partial charge in [-0.1, -0.05) is 23.7 Å². The predicted octanol–water partition coefficient (Wildman–Crippen LogP) is 3.40. The van der Waals surface area contributed by atoms with Gasteiger partial charge < -0.3 is 15.0 Å². The van der Waals surface area contributed by atoms with Crippen LogP contribution in [0, 0.1) is 5.82 Å². The van der Waals surface area contributed by atoms with E-state index in [9.17, 15) is 18.8 Å². The summed E-state index contributed by atoms with van der Waals surface area (Å²) in [7, 11) is 0. The molecular weight excluding hydrogens is 375 g/mol. The van der Waals surface area contributed by atoms with Gasteiger partial charge in [0.1, 0.15) is 5.82 Å². The smallest absolute Gasteiger partial charge is 0.340 e. The predicted molar refractivity (Wildman–Crippen MR) is 98.4 cm³/mol.